The number of halogens is 4. The Bertz CT molecular complexity index is 110. The summed E-state index contributed by atoms with van der Waals surface area (Å²) in [5, 5.41) is 0. The van der Waals surface area contributed by atoms with Gasteiger partial charge in [0.1, 0.15) is 0 Å². The zero-order chi connectivity index (χ0) is 10.6. The lowest BCUT2D eigenvalue weighted by Gasteiger charge is -2.18. The highest BCUT2D eigenvalue weighted by Gasteiger charge is 2.20. The van der Waals surface area contributed by atoms with Gasteiger partial charge in [0.25, 0.3) is 0 Å². The molecule has 0 fully saturated rings. The summed E-state index contributed by atoms with van der Waals surface area (Å²) in [4.78, 5) is 0. The molecule has 0 amide bonds. The first-order chi connectivity index (χ1) is 4.94. The Balaban J connectivity index is 0. The maximum atomic E-state index is 9.75. The largest absolute Gasteiger partial charge is 0.673 e. The van der Waals surface area contributed by atoms with Crippen LogP contribution in [0.15, 0.2) is 0 Å². The molecule has 0 saturated heterocycles. The van der Waals surface area contributed by atoms with E-state index in [1.54, 1.807) is 0 Å². The smallest absolute Gasteiger partial charge is 0.418 e. The van der Waals surface area contributed by atoms with E-state index in [1.807, 2.05) is 0 Å². The Hall–Kier alpha value is -0.255. The first kappa shape index (κ1) is 14.3. The number of hydrogen-bond donors (Lipinski definition) is 1. The van der Waals surface area contributed by atoms with Crippen molar-refractivity contribution in [3.63, 3.8) is 0 Å². The molecule has 0 aliphatic rings. The van der Waals surface area contributed by atoms with E-state index in [0.29, 0.717) is 5.92 Å². The molecule has 0 spiro atoms. The van der Waals surface area contributed by atoms with E-state index in [-0.39, 0.29) is 5.54 Å². The molecule has 0 radical (unpaired) electrons. The van der Waals surface area contributed by atoms with E-state index in [4.69, 9.17) is 0 Å². The van der Waals surface area contributed by atoms with Gasteiger partial charge in [0, 0.05) is 5.92 Å². The van der Waals surface area contributed by atoms with Crippen LogP contribution in [-0.2, 0) is 0 Å². The Labute approximate surface area is 70.4 Å². The molecule has 1 nitrogen and oxygen atoms in total. The fourth-order valence-electron chi connectivity index (χ4n) is 0. The predicted octanol–water partition coefficient (Wildman–Crippen LogP) is 1.96. The molecule has 0 aromatic heterocycles. The topological polar surface area (TPSA) is 27.6 Å². The molecule has 0 rings (SSSR count). The zero-order valence-corrected chi connectivity index (χ0v) is 7.87. The van der Waals surface area contributed by atoms with Gasteiger partial charge in [-0.3, -0.25) is 0 Å². The molecular weight excluding hydrogens is 173 g/mol. The maximum Gasteiger partial charge on any atom is 0.673 e. The van der Waals surface area contributed by atoms with Crippen molar-refractivity contribution in [3.8, 4) is 0 Å². The minimum Gasteiger partial charge on any atom is -0.418 e. The molecule has 0 bridgehead atoms. The van der Waals surface area contributed by atoms with Crippen LogP contribution in [0.4, 0.5) is 17.3 Å². The molecule has 0 aromatic carbocycles. The van der Waals surface area contributed by atoms with Crippen LogP contribution >= 0.6 is 0 Å². The van der Waals surface area contributed by atoms with Gasteiger partial charge in [-0.25, -0.2) is 0 Å². The third-order valence-electron chi connectivity index (χ3n) is 1.56. The molecule has 12 heavy (non-hydrogen) atoms. The third kappa shape index (κ3) is 22.6. The summed E-state index contributed by atoms with van der Waals surface area (Å²) in [7, 11) is -6.00. The summed E-state index contributed by atoms with van der Waals surface area (Å²) in [5.41, 5.74) is 4.22. The molecular formula is C6H16BF4N. The fourth-order valence-corrected chi connectivity index (χ4v) is 0. The standard InChI is InChI=1S/C6H15N.BF4/c1-5(2)6(3,4)7;2-1(3,4)5/h5H,7H2,1-4H3;/q;-1/p+1. The maximum absolute atomic E-state index is 9.75. The van der Waals surface area contributed by atoms with Crippen molar-refractivity contribution >= 4 is 7.25 Å². The van der Waals surface area contributed by atoms with Crippen molar-refractivity contribution in [3.05, 3.63) is 0 Å². The van der Waals surface area contributed by atoms with Crippen LogP contribution in [0.5, 0.6) is 0 Å². The van der Waals surface area contributed by atoms with E-state index in [2.05, 4.69) is 33.4 Å². The van der Waals surface area contributed by atoms with E-state index in [0.717, 1.165) is 0 Å². The van der Waals surface area contributed by atoms with Crippen LogP contribution in [0.25, 0.3) is 0 Å². The molecule has 6 heteroatoms. The number of hydrogen-bond acceptors (Lipinski definition) is 0. The van der Waals surface area contributed by atoms with Crippen molar-refractivity contribution in [1.29, 1.82) is 0 Å². The number of rotatable bonds is 1. The normalized spacial score (nSPS) is 12.5. The van der Waals surface area contributed by atoms with Crippen LogP contribution < -0.4 is 5.73 Å². The Morgan fingerprint density at radius 2 is 1.17 bits per heavy atom. The second kappa shape index (κ2) is 4.69. The SMILES string of the molecule is CC(C)C(C)(C)[NH3+].F[B-](F)(F)F. The van der Waals surface area contributed by atoms with Gasteiger partial charge < -0.3 is 23.0 Å². The Morgan fingerprint density at radius 3 is 1.17 bits per heavy atom. The van der Waals surface area contributed by atoms with Crippen molar-refractivity contribution in [2.75, 3.05) is 0 Å². The van der Waals surface area contributed by atoms with Gasteiger partial charge in [0.15, 0.2) is 0 Å². The van der Waals surface area contributed by atoms with Crippen molar-refractivity contribution in [2.45, 2.75) is 33.2 Å². The summed E-state index contributed by atoms with van der Waals surface area (Å²) >= 11 is 0. The summed E-state index contributed by atoms with van der Waals surface area (Å²) < 4.78 is 39.0. The summed E-state index contributed by atoms with van der Waals surface area (Å²) in [6, 6.07) is 0. The fraction of sp³-hybridized carbons (Fsp3) is 1.00. The summed E-state index contributed by atoms with van der Waals surface area (Å²) in [6.45, 7) is 8.68. The van der Waals surface area contributed by atoms with Crippen LogP contribution in [0.1, 0.15) is 27.7 Å². The quantitative estimate of drug-likeness (QED) is 0.482. The molecule has 76 valence electrons. The highest BCUT2D eigenvalue weighted by molar-refractivity contribution is 6.50. The van der Waals surface area contributed by atoms with Crippen LogP contribution in [0.2, 0.25) is 0 Å². The molecule has 0 unspecified atom stereocenters. The predicted molar refractivity (Wildman–Crippen MR) is 42.0 cm³/mol. The van der Waals surface area contributed by atoms with Gasteiger partial charge in [0.05, 0.1) is 5.54 Å². The minimum atomic E-state index is -6.00. The van der Waals surface area contributed by atoms with Gasteiger partial charge in [0.2, 0.25) is 0 Å². The number of quaternary nitrogens is 1. The second-order valence-corrected chi connectivity index (χ2v) is 3.64. The van der Waals surface area contributed by atoms with Gasteiger partial charge in [-0.05, 0) is 13.8 Å². The Kier molecular flexibility index (Phi) is 5.58. The van der Waals surface area contributed by atoms with E-state index < -0.39 is 7.25 Å². The monoisotopic (exact) mass is 189 g/mol. The highest BCUT2D eigenvalue weighted by Crippen LogP contribution is 2.07. The van der Waals surface area contributed by atoms with Gasteiger partial charge in [-0.2, -0.15) is 0 Å². The molecule has 0 atom stereocenters. The van der Waals surface area contributed by atoms with E-state index in [1.165, 1.54) is 0 Å². The van der Waals surface area contributed by atoms with Gasteiger partial charge >= 0.3 is 7.25 Å². The zero-order valence-electron chi connectivity index (χ0n) is 7.87. The molecule has 0 aromatic rings. The van der Waals surface area contributed by atoms with E-state index in [9.17, 15) is 17.3 Å². The lowest BCUT2D eigenvalue weighted by Crippen LogP contribution is -2.71. The average Bonchev–Trinajstić information content (AvgIpc) is 1.55. The first-order valence-electron chi connectivity index (χ1n) is 3.67. The first-order valence-corrected chi connectivity index (χ1v) is 3.67. The highest BCUT2D eigenvalue weighted by atomic mass is 19.5. The summed E-state index contributed by atoms with van der Waals surface area (Å²) in [5.74, 6) is 0.687. The van der Waals surface area contributed by atoms with Crippen LogP contribution in [0.3, 0.4) is 0 Å². The summed E-state index contributed by atoms with van der Waals surface area (Å²) in [6.07, 6.45) is 0. The average molecular weight is 189 g/mol. The second-order valence-electron chi connectivity index (χ2n) is 3.64. The molecule has 0 aliphatic carbocycles. The van der Waals surface area contributed by atoms with E-state index >= 15 is 0 Å². The molecule has 0 saturated carbocycles. The third-order valence-corrected chi connectivity index (χ3v) is 1.56. The molecule has 0 heterocycles. The molecule has 0 aliphatic heterocycles. The van der Waals surface area contributed by atoms with Crippen molar-refractivity contribution in [1.82, 2.24) is 0 Å². The molecule has 3 N–H and O–H groups in total. The van der Waals surface area contributed by atoms with Gasteiger partial charge in [-0.15, -0.1) is 0 Å². The van der Waals surface area contributed by atoms with Crippen LogP contribution in [-0.4, -0.2) is 12.8 Å². The lowest BCUT2D eigenvalue weighted by molar-refractivity contribution is -0.477. The lowest BCUT2D eigenvalue weighted by atomic mass is 9.92. The minimum absolute atomic E-state index is 0.250. The van der Waals surface area contributed by atoms with Gasteiger partial charge in [-0.1, -0.05) is 13.8 Å². The van der Waals surface area contributed by atoms with Crippen molar-refractivity contribution < 1.29 is 23.0 Å². The van der Waals surface area contributed by atoms with Crippen molar-refractivity contribution in [2.24, 2.45) is 5.92 Å². The Morgan fingerprint density at radius 1 is 1.08 bits per heavy atom. The van der Waals surface area contributed by atoms with Crippen LogP contribution in [0, 0.1) is 5.92 Å².